The molecule has 1 rings (SSSR count). The molecule has 0 heterocycles. The number of nitrogens with one attached hydrogen (secondary N) is 1. The fourth-order valence-electron chi connectivity index (χ4n) is 1.74. The summed E-state index contributed by atoms with van der Waals surface area (Å²) < 4.78 is 0. The maximum absolute atomic E-state index is 12.2. The van der Waals surface area contributed by atoms with Gasteiger partial charge in [0.2, 0.25) is 0 Å². The minimum absolute atomic E-state index is 0.0999. The molecular formula is C14H20ClN3O2. The average Bonchev–Trinajstić information content (AvgIpc) is 2.38. The van der Waals surface area contributed by atoms with Crippen molar-refractivity contribution in [2.24, 2.45) is 0 Å². The van der Waals surface area contributed by atoms with Gasteiger partial charge in [0.25, 0.3) is 0 Å². The molecule has 0 atom stereocenters. The highest BCUT2D eigenvalue weighted by Gasteiger charge is 2.14. The van der Waals surface area contributed by atoms with Gasteiger partial charge >= 0.3 is 6.03 Å². The number of aliphatic hydroxyl groups excluding tert-OH is 1. The zero-order valence-corrected chi connectivity index (χ0v) is 12.5. The maximum atomic E-state index is 12.2. The van der Waals surface area contributed by atoms with E-state index in [0.29, 0.717) is 17.3 Å². The fraction of sp³-hybridized carbons (Fsp3) is 0.357. The molecular weight excluding hydrogens is 278 g/mol. The number of hydrogen-bond acceptors (Lipinski definition) is 3. The molecule has 0 aromatic heterocycles. The molecule has 0 aliphatic heterocycles. The van der Waals surface area contributed by atoms with Gasteiger partial charge in [-0.15, -0.1) is 6.58 Å². The quantitative estimate of drug-likeness (QED) is 0.793. The number of carbonyl (C=O) groups excluding carboxylic acids is 1. The van der Waals surface area contributed by atoms with E-state index in [1.54, 1.807) is 18.2 Å². The summed E-state index contributed by atoms with van der Waals surface area (Å²) in [6, 6.07) is 4.99. The molecule has 5 nitrogen and oxygen atoms in total. The Morgan fingerprint density at radius 2 is 2.20 bits per heavy atom. The number of halogens is 1. The Morgan fingerprint density at radius 3 is 2.75 bits per heavy atom. The van der Waals surface area contributed by atoms with Crippen molar-refractivity contribution in [1.29, 1.82) is 0 Å². The Bertz CT molecular complexity index is 477. The van der Waals surface area contributed by atoms with Gasteiger partial charge in [0, 0.05) is 32.2 Å². The van der Waals surface area contributed by atoms with Crippen LogP contribution in [0.4, 0.5) is 16.2 Å². The van der Waals surface area contributed by atoms with E-state index in [-0.39, 0.29) is 19.2 Å². The maximum Gasteiger partial charge on any atom is 0.322 e. The van der Waals surface area contributed by atoms with Crippen LogP contribution in [0.25, 0.3) is 0 Å². The molecule has 0 radical (unpaired) electrons. The zero-order valence-electron chi connectivity index (χ0n) is 11.8. The molecule has 0 saturated carbocycles. The van der Waals surface area contributed by atoms with Crippen LogP contribution in [0.3, 0.4) is 0 Å². The summed E-state index contributed by atoms with van der Waals surface area (Å²) in [6.45, 7) is 4.11. The number of hydrogen-bond donors (Lipinski definition) is 2. The Hall–Kier alpha value is -1.72. The lowest BCUT2D eigenvalue weighted by molar-refractivity contribution is 0.195. The van der Waals surface area contributed by atoms with Crippen molar-refractivity contribution in [2.45, 2.75) is 0 Å². The molecule has 6 heteroatoms. The van der Waals surface area contributed by atoms with Gasteiger partial charge in [-0.2, -0.15) is 0 Å². The molecule has 0 bridgehead atoms. The van der Waals surface area contributed by atoms with Crippen molar-refractivity contribution >= 4 is 29.0 Å². The summed E-state index contributed by atoms with van der Waals surface area (Å²) in [7, 11) is 3.77. The van der Waals surface area contributed by atoms with Crippen molar-refractivity contribution < 1.29 is 9.90 Å². The first kappa shape index (κ1) is 16.3. The summed E-state index contributed by atoms with van der Waals surface area (Å²) in [5, 5.41) is 12.3. The summed E-state index contributed by atoms with van der Waals surface area (Å²) >= 11 is 5.97. The molecule has 0 aliphatic carbocycles. The topological polar surface area (TPSA) is 55.8 Å². The molecule has 110 valence electrons. The molecule has 0 fully saturated rings. The minimum Gasteiger partial charge on any atom is -0.395 e. The van der Waals surface area contributed by atoms with Gasteiger partial charge in [0.05, 0.1) is 18.0 Å². The van der Waals surface area contributed by atoms with E-state index in [1.165, 1.54) is 4.90 Å². The smallest absolute Gasteiger partial charge is 0.322 e. The highest BCUT2D eigenvalue weighted by molar-refractivity contribution is 6.31. The number of urea groups is 1. The normalized spacial score (nSPS) is 10.0. The molecule has 1 aromatic carbocycles. The van der Waals surface area contributed by atoms with Gasteiger partial charge in [-0.3, -0.25) is 0 Å². The second-order valence-electron chi connectivity index (χ2n) is 4.44. The SMILES string of the molecule is C=CCN(CCO)C(=O)Nc1cc(Cl)ccc1N(C)C. The van der Waals surface area contributed by atoms with Gasteiger partial charge in [-0.1, -0.05) is 17.7 Å². The van der Waals surface area contributed by atoms with Crippen molar-refractivity contribution in [2.75, 3.05) is 44.0 Å². The van der Waals surface area contributed by atoms with Crippen LogP contribution in [0.2, 0.25) is 5.02 Å². The van der Waals surface area contributed by atoms with Crippen LogP contribution in [0.1, 0.15) is 0 Å². The van der Waals surface area contributed by atoms with Crippen molar-refractivity contribution in [3.8, 4) is 0 Å². The number of nitrogens with zero attached hydrogens (tertiary/aromatic N) is 2. The number of aliphatic hydroxyl groups is 1. The third kappa shape index (κ3) is 4.43. The van der Waals surface area contributed by atoms with Gasteiger partial charge in [0.15, 0.2) is 0 Å². The van der Waals surface area contributed by atoms with Crippen LogP contribution in [-0.4, -0.2) is 49.8 Å². The summed E-state index contributed by atoms with van der Waals surface area (Å²) in [6.07, 6.45) is 1.61. The molecule has 0 spiro atoms. The first-order valence-corrected chi connectivity index (χ1v) is 6.62. The number of carbonyl (C=O) groups is 1. The van der Waals surface area contributed by atoms with E-state index in [0.717, 1.165) is 5.69 Å². The van der Waals surface area contributed by atoms with Crippen LogP contribution in [0.5, 0.6) is 0 Å². The summed E-state index contributed by atoms with van der Waals surface area (Å²) in [5.41, 5.74) is 1.48. The van der Waals surface area contributed by atoms with E-state index < -0.39 is 0 Å². The summed E-state index contributed by atoms with van der Waals surface area (Å²) in [4.78, 5) is 15.5. The van der Waals surface area contributed by atoms with Gasteiger partial charge < -0.3 is 20.2 Å². The highest BCUT2D eigenvalue weighted by atomic mass is 35.5. The molecule has 20 heavy (non-hydrogen) atoms. The minimum atomic E-state index is -0.302. The van der Waals surface area contributed by atoms with Crippen LogP contribution < -0.4 is 10.2 Å². The first-order valence-electron chi connectivity index (χ1n) is 6.24. The van der Waals surface area contributed by atoms with Crippen LogP contribution in [0.15, 0.2) is 30.9 Å². The third-order valence-corrected chi connectivity index (χ3v) is 2.92. The number of anilines is 2. The predicted octanol–water partition coefficient (Wildman–Crippen LogP) is 2.42. The average molecular weight is 298 g/mol. The third-order valence-electron chi connectivity index (χ3n) is 2.69. The molecule has 0 unspecified atom stereocenters. The van der Waals surface area contributed by atoms with Crippen molar-refractivity contribution in [3.05, 3.63) is 35.9 Å². The Morgan fingerprint density at radius 1 is 1.50 bits per heavy atom. The lowest BCUT2D eigenvalue weighted by Gasteiger charge is -2.23. The largest absolute Gasteiger partial charge is 0.395 e. The molecule has 0 saturated heterocycles. The van der Waals surface area contributed by atoms with Crippen molar-refractivity contribution in [3.63, 3.8) is 0 Å². The van der Waals surface area contributed by atoms with Gasteiger partial charge in [-0.25, -0.2) is 4.79 Å². The zero-order chi connectivity index (χ0) is 15.1. The van der Waals surface area contributed by atoms with E-state index in [4.69, 9.17) is 16.7 Å². The molecule has 2 N–H and O–H groups in total. The first-order chi connectivity index (χ1) is 9.49. The monoisotopic (exact) mass is 297 g/mol. The Kier molecular flexibility index (Phi) is 6.35. The number of rotatable bonds is 6. The lowest BCUT2D eigenvalue weighted by atomic mass is 10.2. The van der Waals surface area contributed by atoms with Crippen LogP contribution in [0, 0.1) is 0 Å². The number of amides is 2. The van der Waals surface area contributed by atoms with E-state index >= 15 is 0 Å². The molecule has 2 amide bonds. The van der Waals surface area contributed by atoms with Gasteiger partial charge in [0.1, 0.15) is 0 Å². The van der Waals surface area contributed by atoms with Crippen molar-refractivity contribution in [1.82, 2.24) is 4.90 Å². The number of benzene rings is 1. The second kappa shape index (κ2) is 7.77. The highest BCUT2D eigenvalue weighted by Crippen LogP contribution is 2.28. The van der Waals surface area contributed by atoms with E-state index in [2.05, 4.69) is 11.9 Å². The molecule has 1 aromatic rings. The Labute approximate surface area is 124 Å². The van der Waals surface area contributed by atoms with E-state index in [1.807, 2.05) is 25.1 Å². The Balaban J connectivity index is 2.93. The van der Waals surface area contributed by atoms with Gasteiger partial charge in [-0.05, 0) is 18.2 Å². The predicted molar refractivity (Wildman–Crippen MR) is 83.7 cm³/mol. The van der Waals surface area contributed by atoms with Crippen LogP contribution in [-0.2, 0) is 0 Å². The van der Waals surface area contributed by atoms with E-state index in [9.17, 15) is 4.79 Å². The fourth-order valence-corrected chi connectivity index (χ4v) is 1.92. The van der Waals surface area contributed by atoms with Crippen LogP contribution >= 0.6 is 11.6 Å². The second-order valence-corrected chi connectivity index (χ2v) is 4.88. The molecule has 0 aliphatic rings. The standard InChI is InChI=1S/C14H20ClN3O2/c1-4-7-18(8-9-19)14(20)16-12-10-11(15)5-6-13(12)17(2)3/h4-6,10,19H,1,7-9H2,2-3H3,(H,16,20). The lowest BCUT2D eigenvalue weighted by Crippen LogP contribution is -2.37. The summed E-state index contributed by atoms with van der Waals surface area (Å²) in [5.74, 6) is 0.